The van der Waals surface area contributed by atoms with Gasteiger partial charge in [-0.2, -0.15) is 0 Å². The van der Waals surface area contributed by atoms with Crippen molar-refractivity contribution in [3.63, 3.8) is 0 Å². The molecule has 2 heterocycles. The number of halogens is 1. The Morgan fingerprint density at radius 2 is 2.11 bits per heavy atom. The van der Waals surface area contributed by atoms with Crippen LogP contribution in [0.15, 0.2) is 41.0 Å². The van der Waals surface area contributed by atoms with Gasteiger partial charge in [0.2, 0.25) is 0 Å². The molecule has 1 saturated carbocycles. The SMILES string of the molecule is COCc1c(C(=O)N(Cc2ccco2)C2CCCC2)sc2cccc(F)c12. The first-order valence-electron chi connectivity index (χ1n) is 9.21. The maximum absolute atomic E-state index is 14.5. The zero-order chi connectivity index (χ0) is 18.8. The average molecular weight is 387 g/mol. The lowest BCUT2D eigenvalue weighted by Gasteiger charge is -2.28. The molecule has 6 heteroatoms. The summed E-state index contributed by atoms with van der Waals surface area (Å²) in [7, 11) is 1.57. The van der Waals surface area contributed by atoms with Gasteiger partial charge < -0.3 is 14.1 Å². The molecule has 4 nitrogen and oxygen atoms in total. The molecule has 4 rings (SSSR count). The number of ether oxygens (including phenoxy) is 1. The molecule has 2 aromatic heterocycles. The molecule has 0 spiro atoms. The predicted octanol–water partition coefficient (Wildman–Crippen LogP) is 5.36. The van der Waals surface area contributed by atoms with Crippen molar-refractivity contribution in [3.05, 3.63) is 58.6 Å². The zero-order valence-corrected chi connectivity index (χ0v) is 16.1. The third-order valence-corrected chi connectivity index (χ3v) is 6.36. The molecule has 1 aliphatic rings. The molecule has 1 aromatic carbocycles. The monoisotopic (exact) mass is 387 g/mol. The number of carbonyl (C=O) groups excluding carboxylic acids is 1. The van der Waals surface area contributed by atoms with E-state index in [1.165, 1.54) is 17.4 Å². The van der Waals surface area contributed by atoms with Gasteiger partial charge in [-0.25, -0.2) is 4.39 Å². The van der Waals surface area contributed by atoms with Crippen LogP contribution >= 0.6 is 11.3 Å². The molecular formula is C21H22FNO3S. The molecule has 0 atom stereocenters. The first kappa shape index (κ1) is 18.2. The fourth-order valence-corrected chi connectivity index (χ4v) is 5.08. The first-order chi connectivity index (χ1) is 13.2. The number of methoxy groups -OCH3 is 1. The van der Waals surface area contributed by atoms with E-state index in [1.54, 1.807) is 19.4 Å². The third kappa shape index (κ3) is 3.51. The van der Waals surface area contributed by atoms with Crippen molar-refractivity contribution in [2.24, 2.45) is 0 Å². The minimum atomic E-state index is -0.312. The lowest BCUT2D eigenvalue weighted by Crippen LogP contribution is -2.38. The Labute approximate surface area is 161 Å². The number of hydrogen-bond acceptors (Lipinski definition) is 4. The molecule has 0 N–H and O–H groups in total. The van der Waals surface area contributed by atoms with E-state index in [0.29, 0.717) is 22.4 Å². The number of rotatable bonds is 6. The smallest absolute Gasteiger partial charge is 0.264 e. The zero-order valence-electron chi connectivity index (χ0n) is 15.2. The molecule has 1 aliphatic carbocycles. The second-order valence-electron chi connectivity index (χ2n) is 6.91. The highest BCUT2D eigenvalue weighted by atomic mass is 32.1. The van der Waals surface area contributed by atoms with E-state index < -0.39 is 0 Å². The summed E-state index contributed by atoms with van der Waals surface area (Å²) in [5.41, 5.74) is 0.642. The summed E-state index contributed by atoms with van der Waals surface area (Å²) in [4.78, 5) is 16.0. The van der Waals surface area contributed by atoms with Gasteiger partial charge in [0, 0.05) is 28.8 Å². The van der Waals surface area contributed by atoms with Crippen LogP contribution in [0.25, 0.3) is 10.1 Å². The number of amides is 1. The first-order valence-corrected chi connectivity index (χ1v) is 10.0. The highest BCUT2D eigenvalue weighted by Gasteiger charge is 2.31. The van der Waals surface area contributed by atoms with Crippen LogP contribution in [0.1, 0.15) is 46.7 Å². The minimum Gasteiger partial charge on any atom is -0.467 e. The number of benzene rings is 1. The lowest BCUT2D eigenvalue weighted by molar-refractivity contribution is 0.0650. The Hall–Kier alpha value is -2.18. The van der Waals surface area contributed by atoms with Crippen molar-refractivity contribution in [1.29, 1.82) is 0 Å². The number of nitrogens with zero attached hydrogens (tertiary/aromatic N) is 1. The van der Waals surface area contributed by atoms with E-state index in [9.17, 15) is 9.18 Å². The molecule has 0 saturated heterocycles. The normalized spacial score (nSPS) is 14.9. The van der Waals surface area contributed by atoms with E-state index in [4.69, 9.17) is 9.15 Å². The molecule has 3 aromatic rings. The summed E-state index contributed by atoms with van der Waals surface area (Å²) >= 11 is 1.34. The Morgan fingerprint density at radius 3 is 2.81 bits per heavy atom. The van der Waals surface area contributed by atoms with Gasteiger partial charge in [-0.15, -0.1) is 11.3 Å². The molecule has 27 heavy (non-hydrogen) atoms. The molecular weight excluding hydrogens is 365 g/mol. The summed E-state index contributed by atoms with van der Waals surface area (Å²) in [6.07, 6.45) is 5.85. The Morgan fingerprint density at radius 1 is 1.30 bits per heavy atom. The molecule has 0 unspecified atom stereocenters. The van der Waals surface area contributed by atoms with E-state index in [-0.39, 0.29) is 24.4 Å². The second kappa shape index (κ2) is 7.82. The fourth-order valence-electron chi connectivity index (χ4n) is 3.91. The van der Waals surface area contributed by atoms with Gasteiger partial charge >= 0.3 is 0 Å². The van der Waals surface area contributed by atoms with Crippen LogP contribution in [-0.4, -0.2) is 24.0 Å². The highest BCUT2D eigenvalue weighted by Crippen LogP contribution is 2.36. The van der Waals surface area contributed by atoms with Crippen LogP contribution in [0.2, 0.25) is 0 Å². The van der Waals surface area contributed by atoms with Crippen LogP contribution in [-0.2, 0) is 17.9 Å². The van der Waals surface area contributed by atoms with Crippen LogP contribution < -0.4 is 0 Å². The van der Waals surface area contributed by atoms with Crippen molar-refractivity contribution < 1.29 is 18.3 Å². The Bertz CT molecular complexity index is 928. The van der Waals surface area contributed by atoms with Gasteiger partial charge in [0.1, 0.15) is 11.6 Å². The number of furan rings is 1. The summed E-state index contributed by atoms with van der Waals surface area (Å²) in [5, 5.41) is 0.497. The largest absolute Gasteiger partial charge is 0.467 e. The summed E-state index contributed by atoms with van der Waals surface area (Å²) in [5.74, 6) is 0.384. The minimum absolute atomic E-state index is 0.0639. The van der Waals surface area contributed by atoms with Crippen LogP contribution in [0.3, 0.4) is 0 Å². The van der Waals surface area contributed by atoms with Gasteiger partial charge in [0.05, 0.1) is 24.3 Å². The molecule has 1 fully saturated rings. The van der Waals surface area contributed by atoms with Crippen molar-refractivity contribution >= 4 is 27.3 Å². The van der Waals surface area contributed by atoms with E-state index in [2.05, 4.69) is 0 Å². The number of carbonyl (C=O) groups is 1. The van der Waals surface area contributed by atoms with Gasteiger partial charge in [0.15, 0.2) is 0 Å². The lowest BCUT2D eigenvalue weighted by atomic mass is 10.1. The van der Waals surface area contributed by atoms with E-state index in [0.717, 1.165) is 36.1 Å². The Balaban J connectivity index is 1.76. The van der Waals surface area contributed by atoms with Gasteiger partial charge in [-0.3, -0.25) is 4.79 Å². The average Bonchev–Trinajstić information content (AvgIpc) is 3.41. The second-order valence-corrected chi connectivity index (χ2v) is 7.96. The third-order valence-electron chi connectivity index (χ3n) is 5.18. The van der Waals surface area contributed by atoms with Crippen molar-refractivity contribution in [2.45, 2.75) is 44.9 Å². The van der Waals surface area contributed by atoms with Gasteiger partial charge in [0.25, 0.3) is 5.91 Å². The van der Waals surface area contributed by atoms with E-state index >= 15 is 0 Å². The summed E-state index contributed by atoms with van der Waals surface area (Å²) < 4.78 is 26.0. The van der Waals surface area contributed by atoms with Crippen LogP contribution in [0.4, 0.5) is 4.39 Å². The standard InChI is InChI=1S/C21H22FNO3S/c1-25-13-16-19-17(22)9-4-10-18(19)27-20(16)21(24)23(14-6-2-3-7-14)12-15-8-5-11-26-15/h4-5,8-11,14H,2-3,6-7,12-13H2,1H3. The molecule has 0 radical (unpaired) electrons. The van der Waals surface area contributed by atoms with Gasteiger partial charge in [-0.1, -0.05) is 18.9 Å². The quantitative estimate of drug-likeness (QED) is 0.571. The predicted molar refractivity (Wildman–Crippen MR) is 103 cm³/mol. The Kier molecular flexibility index (Phi) is 5.27. The van der Waals surface area contributed by atoms with Crippen LogP contribution in [0.5, 0.6) is 0 Å². The topological polar surface area (TPSA) is 42.7 Å². The maximum atomic E-state index is 14.5. The summed E-state index contributed by atoms with van der Waals surface area (Å²) in [6.45, 7) is 0.640. The number of fused-ring (bicyclic) bond motifs is 1. The molecule has 142 valence electrons. The molecule has 0 bridgehead atoms. The summed E-state index contributed by atoms with van der Waals surface area (Å²) in [6, 6.07) is 8.86. The maximum Gasteiger partial charge on any atom is 0.264 e. The van der Waals surface area contributed by atoms with Gasteiger partial charge in [-0.05, 0) is 37.1 Å². The van der Waals surface area contributed by atoms with Crippen LogP contribution in [0, 0.1) is 5.82 Å². The number of hydrogen-bond donors (Lipinski definition) is 0. The van der Waals surface area contributed by atoms with Crippen molar-refractivity contribution in [3.8, 4) is 0 Å². The van der Waals surface area contributed by atoms with Crippen molar-refractivity contribution in [2.75, 3.05) is 7.11 Å². The highest BCUT2D eigenvalue weighted by molar-refractivity contribution is 7.21. The molecule has 0 aliphatic heterocycles. The number of thiophene rings is 1. The van der Waals surface area contributed by atoms with E-state index in [1.807, 2.05) is 23.1 Å². The fraction of sp³-hybridized carbons (Fsp3) is 0.381. The molecule has 1 amide bonds. The van der Waals surface area contributed by atoms with Crippen molar-refractivity contribution in [1.82, 2.24) is 4.90 Å².